The lowest BCUT2D eigenvalue weighted by molar-refractivity contribution is -0.132. The fourth-order valence-corrected chi connectivity index (χ4v) is 1.99. The maximum absolute atomic E-state index is 12.0. The van der Waals surface area contributed by atoms with E-state index in [2.05, 4.69) is 22.0 Å². The second-order valence-corrected chi connectivity index (χ2v) is 4.74. The maximum Gasteiger partial charge on any atom is 0.223 e. The Morgan fingerprint density at radius 1 is 1.50 bits per heavy atom. The molecule has 1 amide bonds. The summed E-state index contributed by atoms with van der Waals surface area (Å²) in [7, 11) is 0. The van der Waals surface area contributed by atoms with Crippen molar-refractivity contribution in [3.05, 3.63) is 24.2 Å². The Hall–Kier alpha value is -1.28. The van der Waals surface area contributed by atoms with Gasteiger partial charge in [0.25, 0.3) is 0 Å². The van der Waals surface area contributed by atoms with Crippen molar-refractivity contribution in [2.45, 2.75) is 32.2 Å². The lowest BCUT2D eigenvalue weighted by atomic mass is 10.2. The Labute approximate surface area is 116 Å². The topological polar surface area (TPSA) is 57.2 Å². The normalized spacial score (nSPS) is 10.0. The van der Waals surface area contributed by atoms with Gasteiger partial charge in [0.1, 0.15) is 5.76 Å². The maximum atomic E-state index is 12.0. The van der Waals surface area contributed by atoms with Gasteiger partial charge in [-0.15, -0.1) is 0 Å². The number of furan rings is 1. The third kappa shape index (κ3) is 5.37. The number of nitriles is 1. The first-order chi connectivity index (χ1) is 8.77. The van der Waals surface area contributed by atoms with Gasteiger partial charge < -0.3 is 9.32 Å². The van der Waals surface area contributed by atoms with Gasteiger partial charge in [-0.05, 0) is 25.0 Å². The van der Waals surface area contributed by atoms with E-state index in [0.717, 1.165) is 23.9 Å². The van der Waals surface area contributed by atoms with Gasteiger partial charge in [0.05, 0.1) is 25.3 Å². The van der Waals surface area contributed by atoms with Crippen LogP contribution < -0.4 is 0 Å². The third-order valence-electron chi connectivity index (χ3n) is 2.55. The molecule has 0 radical (unpaired) electrons. The highest BCUT2D eigenvalue weighted by Crippen LogP contribution is 2.09. The molecule has 0 N–H and O–H groups in total. The van der Waals surface area contributed by atoms with Crippen molar-refractivity contribution in [2.24, 2.45) is 0 Å². The molecule has 18 heavy (non-hydrogen) atoms. The molecule has 0 saturated heterocycles. The summed E-state index contributed by atoms with van der Waals surface area (Å²) in [6.45, 7) is 0.909. The van der Waals surface area contributed by atoms with E-state index in [1.165, 1.54) is 0 Å². The standard InChI is InChI=1S/C13H17BrN2O2/c14-7-2-1-6-13(17)16(9-4-8-15)11-12-5-3-10-18-12/h3,5,10H,1-2,4,6-7,9,11H2. The van der Waals surface area contributed by atoms with Gasteiger partial charge in [-0.2, -0.15) is 5.26 Å². The molecule has 0 aromatic carbocycles. The van der Waals surface area contributed by atoms with Gasteiger partial charge in [0.15, 0.2) is 0 Å². The molecule has 0 saturated carbocycles. The van der Waals surface area contributed by atoms with Crippen LogP contribution in [0.5, 0.6) is 0 Å². The Balaban J connectivity index is 2.48. The molecule has 1 rings (SSSR count). The smallest absolute Gasteiger partial charge is 0.223 e. The first kappa shape index (κ1) is 14.8. The summed E-state index contributed by atoms with van der Waals surface area (Å²) in [4.78, 5) is 13.7. The number of carbonyl (C=O) groups excluding carboxylic acids is 1. The van der Waals surface area contributed by atoms with E-state index in [0.29, 0.717) is 25.9 Å². The highest BCUT2D eigenvalue weighted by Gasteiger charge is 2.14. The molecule has 0 aliphatic carbocycles. The van der Waals surface area contributed by atoms with Gasteiger partial charge in [-0.25, -0.2) is 0 Å². The molecule has 0 atom stereocenters. The largest absolute Gasteiger partial charge is 0.467 e. The Morgan fingerprint density at radius 3 is 2.94 bits per heavy atom. The van der Waals surface area contributed by atoms with Crippen LogP contribution in [0.1, 0.15) is 31.4 Å². The molecule has 0 aliphatic rings. The van der Waals surface area contributed by atoms with Crippen molar-refractivity contribution >= 4 is 21.8 Å². The number of hydrogen-bond acceptors (Lipinski definition) is 3. The number of nitrogens with zero attached hydrogens (tertiary/aromatic N) is 2. The number of amides is 1. The van der Waals surface area contributed by atoms with Gasteiger partial charge in [0.2, 0.25) is 5.91 Å². The van der Waals surface area contributed by atoms with Crippen molar-refractivity contribution in [2.75, 3.05) is 11.9 Å². The highest BCUT2D eigenvalue weighted by atomic mass is 79.9. The van der Waals surface area contributed by atoms with Crippen molar-refractivity contribution in [1.82, 2.24) is 4.90 Å². The average molecular weight is 313 g/mol. The fourth-order valence-electron chi connectivity index (χ4n) is 1.60. The summed E-state index contributed by atoms with van der Waals surface area (Å²) in [5.41, 5.74) is 0. The van der Waals surface area contributed by atoms with Crippen molar-refractivity contribution in [3.63, 3.8) is 0 Å². The summed E-state index contributed by atoms with van der Waals surface area (Å²) in [5.74, 6) is 0.837. The van der Waals surface area contributed by atoms with Crippen LogP contribution in [0.4, 0.5) is 0 Å². The molecule has 0 unspecified atom stereocenters. The van der Waals surface area contributed by atoms with Crippen LogP contribution in [0.3, 0.4) is 0 Å². The van der Waals surface area contributed by atoms with Crippen molar-refractivity contribution in [1.29, 1.82) is 5.26 Å². The van der Waals surface area contributed by atoms with Gasteiger partial charge in [-0.1, -0.05) is 15.9 Å². The minimum atomic E-state index is 0.0857. The van der Waals surface area contributed by atoms with Crippen LogP contribution >= 0.6 is 15.9 Å². The molecular weight excluding hydrogens is 296 g/mol. The third-order valence-corrected chi connectivity index (χ3v) is 3.11. The fraction of sp³-hybridized carbons (Fsp3) is 0.538. The number of hydrogen-bond donors (Lipinski definition) is 0. The van der Waals surface area contributed by atoms with E-state index in [-0.39, 0.29) is 5.91 Å². The van der Waals surface area contributed by atoms with Crippen LogP contribution in [-0.4, -0.2) is 22.7 Å². The minimum Gasteiger partial charge on any atom is -0.467 e. The van der Waals surface area contributed by atoms with E-state index in [1.54, 1.807) is 17.2 Å². The van der Waals surface area contributed by atoms with Gasteiger partial charge >= 0.3 is 0 Å². The Kier molecular flexibility index (Phi) is 7.19. The first-order valence-corrected chi connectivity index (χ1v) is 7.13. The number of rotatable bonds is 8. The molecule has 5 heteroatoms. The monoisotopic (exact) mass is 312 g/mol. The summed E-state index contributed by atoms with van der Waals surface area (Å²) < 4.78 is 5.24. The summed E-state index contributed by atoms with van der Waals surface area (Å²) >= 11 is 3.34. The zero-order chi connectivity index (χ0) is 13.2. The van der Waals surface area contributed by atoms with Gasteiger partial charge in [0, 0.05) is 18.3 Å². The van der Waals surface area contributed by atoms with Gasteiger partial charge in [-0.3, -0.25) is 4.79 Å². The lowest BCUT2D eigenvalue weighted by Crippen LogP contribution is -2.31. The second-order valence-electron chi connectivity index (χ2n) is 3.95. The highest BCUT2D eigenvalue weighted by molar-refractivity contribution is 9.09. The number of unbranched alkanes of at least 4 members (excludes halogenated alkanes) is 1. The molecular formula is C13H17BrN2O2. The zero-order valence-electron chi connectivity index (χ0n) is 10.3. The molecule has 98 valence electrons. The predicted molar refractivity (Wildman–Crippen MR) is 72.0 cm³/mol. The molecule has 0 aliphatic heterocycles. The van der Waals surface area contributed by atoms with E-state index >= 15 is 0 Å². The molecule has 1 aromatic heterocycles. The van der Waals surface area contributed by atoms with E-state index in [1.807, 2.05) is 6.07 Å². The van der Waals surface area contributed by atoms with E-state index in [9.17, 15) is 4.79 Å². The first-order valence-electron chi connectivity index (χ1n) is 6.01. The summed E-state index contributed by atoms with van der Waals surface area (Å²) in [5, 5.41) is 9.53. The molecule has 1 heterocycles. The number of carbonyl (C=O) groups is 1. The van der Waals surface area contributed by atoms with Crippen molar-refractivity contribution < 1.29 is 9.21 Å². The van der Waals surface area contributed by atoms with Crippen LogP contribution in [0, 0.1) is 11.3 Å². The SMILES string of the molecule is N#CCCN(Cc1ccco1)C(=O)CCCCBr. The van der Waals surface area contributed by atoms with Crippen LogP contribution in [-0.2, 0) is 11.3 Å². The molecule has 1 aromatic rings. The molecule has 4 nitrogen and oxygen atoms in total. The number of alkyl halides is 1. The minimum absolute atomic E-state index is 0.0857. The van der Waals surface area contributed by atoms with E-state index < -0.39 is 0 Å². The summed E-state index contributed by atoms with van der Waals surface area (Å²) in [6, 6.07) is 5.71. The predicted octanol–water partition coefficient (Wildman–Crippen LogP) is 3.09. The summed E-state index contributed by atoms with van der Waals surface area (Å²) in [6.07, 6.45) is 4.32. The number of halogens is 1. The Morgan fingerprint density at radius 2 is 2.33 bits per heavy atom. The average Bonchev–Trinajstić information content (AvgIpc) is 2.87. The zero-order valence-corrected chi connectivity index (χ0v) is 11.9. The van der Waals surface area contributed by atoms with E-state index in [4.69, 9.17) is 9.68 Å². The Bertz CT molecular complexity index is 384. The molecule has 0 bridgehead atoms. The van der Waals surface area contributed by atoms with Crippen LogP contribution in [0.25, 0.3) is 0 Å². The van der Waals surface area contributed by atoms with Crippen molar-refractivity contribution in [3.8, 4) is 6.07 Å². The molecule has 0 spiro atoms. The van der Waals surface area contributed by atoms with Crippen LogP contribution in [0.15, 0.2) is 22.8 Å². The molecule has 0 fully saturated rings. The lowest BCUT2D eigenvalue weighted by Gasteiger charge is -2.20. The van der Waals surface area contributed by atoms with Crippen LogP contribution in [0.2, 0.25) is 0 Å². The quantitative estimate of drug-likeness (QED) is 0.547. The second kappa shape index (κ2) is 8.76.